The predicted octanol–water partition coefficient (Wildman–Crippen LogP) is 1.07. The van der Waals surface area contributed by atoms with Crippen LogP contribution in [-0.4, -0.2) is 49.6 Å². The molecule has 0 saturated carbocycles. The lowest BCUT2D eigenvalue weighted by Crippen LogP contribution is -2.47. The molecule has 0 aromatic heterocycles. The number of nitrogens with zero attached hydrogens (tertiary/aromatic N) is 2. The fourth-order valence-corrected chi connectivity index (χ4v) is 2.31. The number of benzene rings is 1. The molecule has 3 nitrogen and oxygen atoms in total. The van der Waals surface area contributed by atoms with Crippen LogP contribution in [0.5, 0.6) is 0 Å². The van der Waals surface area contributed by atoms with Crippen LogP contribution in [0.4, 0.5) is 4.39 Å². The van der Waals surface area contributed by atoms with Gasteiger partial charge < -0.3 is 10.6 Å². The van der Waals surface area contributed by atoms with E-state index < -0.39 is 0 Å². The van der Waals surface area contributed by atoms with Crippen LogP contribution in [-0.2, 0) is 0 Å². The molecule has 1 saturated heterocycles. The Morgan fingerprint density at radius 2 is 1.76 bits per heavy atom. The Bertz CT molecular complexity index is 344. The summed E-state index contributed by atoms with van der Waals surface area (Å²) in [7, 11) is 2.13. The molecular formula is C13H20FN3. The summed E-state index contributed by atoms with van der Waals surface area (Å²) in [6.07, 6.45) is 0. The monoisotopic (exact) mass is 237 g/mol. The Labute approximate surface area is 102 Å². The second kappa shape index (κ2) is 5.58. The minimum atomic E-state index is -0.192. The first-order chi connectivity index (χ1) is 8.20. The lowest BCUT2D eigenvalue weighted by molar-refractivity contribution is 0.114. The molecule has 0 bridgehead atoms. The first-order valence-corrected chi connectivity index (χ1v) is 6.09. The lowest BCUT2D eigenvalue weighted by Gasteiger charge is -2.37. The van der Waals surface area contributed by atoms with Gasteiger partial charge in [0, 0.05) is 38.8 Å². The van der Waals surface area contributed by atoms with Gasteiger partial charge in [-0.15, -0.1) is 0 Å². The molecule has 17 heavy (non-hydrogen) atoms. The number of hydrogen-bond acceptors (Lipinski definition) is 3. The van der Waals surface area contributed by atoms with Gasteiger partial charge in [0.05, 0.1) is 0 Å². The molecule has 1 heterocycles. The van der Waals surface area contributed by atoms with Crippen LogP contribution in [0, 0.1) is 5.82 Å². The number of hydrogen-bond donors (Lipinski definition) is 1. The van der Waals surface area contributed by atoms with Crippen molar-refractivity contribution in [3.05, 3.63) is 35.6 Å². The zero-order valence-electron chi connectivity index (χ0n) is 10.3. The van der Waals surface area contributed by atoms with Crippen molar-refractivity contribution in [2.45, 2.75) is 6.04 Å². The van der Waals surface area contributed by atoms with Gasteiger partial charge in [0.25, 0.3) is 0 Å². The second-order valence-corrected chi connectivity index (χ2v) is 4.64. The highest BCUT2D eigenvalue weighted by Crippen LogP contribution is 2.21. The summed E-state index contributed by atoms with van der Waals surface area (Å²) in [6.45, 7) is 4.76. The number of piperazine rings is 1. The maximum absolute atomic E-state index is 12.9. The van der Waals surface area contributed by atoms with Crippen molar-refractivity contribution in [3.63, 3.8) is 0 Å². The third-order valence-corrected chi connectivity index (χ3v) is 3.46. The van der Waals surface area contributed by atoms with Crippen molar-refractivity contribution in [2.75, 3.05) is 39.8 Å². The summed E-state index contributed by atoms with van der Waals surface area (Å²) in [6, 6.07) is 6.91. The highest BCUT2D eigenvalue weighted by atomic mass is 19.1. The molecule has 2 rings (SSSR count). The van der Waals surface area contributed by atoms with E-state index in [9.17, 15) is 4.39 Å². The van der Waals surface area contributed by atoms with Gasteiger partial charge in [-0.05, 0) is 24.7 Å². The van der Waals surface area contributed by atoms with E-state index >= 15 is 0 Å². The molecule has 1 fully saturated rings. The molecule has 0 amide bonds. The Kier molecular flexibility index (Phi) is 4.10. The average molecular weight is 237 g/mol. The minimum absolute atomic E-state index is 0.192. The van der Waals surface area contributed by atoms with Crippen molar-refractivity contribution in [2.24, 2.45) is 5.73 Å². The van der Waals surface area contributed by atoms with E-state index in [1.807, 2.05) is 12.1 Å². The summed E-state index contributed by atoms with van der Waals surface area (Å²) in [4.78, 5) is 4.70. The molecule has 0 spiro atoms. The van der Waals surface area contributed by atoms with Gasteiger partial charge in [0.15, 0.2) is 0 Å². The topological polar surface area (TPSA) is 32.5 Å². The Hall–Kier alpha value is -0.970. The third-order valence-electron chi connectivity index (χ3n) is 3.46. The van der Waals surface area contributed by atoms with E-state index in [0.29, 0.717) is 6.54 Å². The van der Waals surface area contributed by atoms with E-state index in [0.717, 1.165) is 31.7 Å². The smallest absolute Gasteiger partial charge is 0.123 e. The summed E-state index contributed by atoms with van der Waals surface area (Å²) in [5, 5.41) is 0. The van der Waals surface area contributed by atoms with Crippen LogP contribution in [0.25, 0.3) is 0 Å². The van der Waals surface area contributed by atoms with Crippen LogP contribution >= 0.6 is 0 Å². The molecule has 1 aliphatic rings. The van der Waals surface area contributed by atoms with E-state index in [-0.39, 0.29) is 11.9 Å². The Morgan fingerprint density at radius 1 is 1.18 bits per heavy atom. The summed E-state index contributed by atoms with van der Waals surface area (Å²) in [5.41, 5.74) is 6.97. The average Bonchev–Trinajstić information content (AvgIpc) is 2.35. The molecule has 1 aromatic rings. The highest BCUT2D eigenvalue weighted by Gasteiger charge is 2.22. The van der Waals surface area contributed by atoms with Crippen molar-refractivity contribution in [3.8, 4) is 0 Å². The van der Waals surface area contributed by atoms with Crippen LogP contribution < -0.4 is 5.73 Å². The summed E-state index contributed by atoms with van der Waals surface area (Å²) < 4.78 is 12.9. The number of nitrogens with two attached hydrogens (primary N) is 1. The third kappa shape index (κ3) is 3.03. The van der Waals surface area contributed by atoms with Crippen LogP contribution in [0.2, 0.25) is 0 Å². The molecule has 4 heteroatoms. The van der Waals surface area contributed by atoms with Crippen molar-refractivity contribution in [1.82, 2.24) is 9.80 Å². The lowest BCUT2D eigenvalue weighted by atomic mass is 10.0. The molecule has 94 valence electrons. The standard InChI is InChI=1S/C13H20FN3/c1-16-6-8-17(9-7-16)13(10-15)11-2-4-12(14)5-3-11/h2-5,13H,6-10,15H2,1H3/t13-/m1/s1. The van der Waals surface area contributed by atoms with Gasteiger partial charge in [0.2, 0.25) is 0 Å². The molecule has 0 radical (unpaired) electrons. The summed E-state index contributed by atoms with van der Waals surface area (Å²) in [5.74, 6) is -0.192. The fraction of sp³-hybridized carbons (Fsp3) is 0.538. The van der Waals surface area contributed by atoms with Crippen molar-refractivity contribution < 1.29 is 4.39 Å². The number of rotatable bonds is 3. The molecular weight excluding hydrogens is 217 g/mol. The molecule has 1 aromatic carbocycles. The normalized spacial score (nSPS) is 20.4. The Morgan fingerprint density at radius 3 is 2.29 bits per heavy atom. The van der Waals surface area contributed by atoms with E-state index in [2.05, 4.69) is 16.8 Å². The van der Waals surface area contributed by atoms with Gasteiger partial charge in [0.1, 0.15) is 5.82 Å². The van der Waals surface area contributed by atoms with Crippen LogP contribution in [0.15, 0.2) is 24.3 Å². The first kappa shape index (κ1) is 12.5. The molecule has 0 aliphatic carbocycles. The minimum Gasteiger partial charge on any atom is -0.329 e. The molecule has 1 aliphatic heterocycles. The van der Waals surface area contributed by atoms with Gasteiger partial charge >= 0.3 is 0 Å². The van der Waals surface area contributed by atoms with Gasteiger partial charge in [-0.3, -0.25) is 4.90 Å². The van der Waals surface area contributed by atoms with Crippen molar-refractivity contribution in [1.29, 1.82) is 0 Å². The second-order valence-electron chi connectivity index (χ2n) is 4.64. The van der Waals surface area contributed by atoms with Gasteiger partial charge in [-0.1, -0.05) is 12.1 Å². The molecule has 1 atom stereocenters. The van der Waals surface area contributed by atoms with Gasteiger partial charge in [-0.25, -0.2) is 4.39 Å². The molecule has 2 N–H and O–H groups in total. The van der Waals surface area contributed by atoms with Crippen molar-refractivity contribution >= 4 is 0 Å². The van der Waals surface area contributed by atoms with Crippen LogP contribution in [0.1, 0.15) is 11.6 Å². The summed E-state index contributed by atoms with van der Waals surface area (Å²) >= 11 is 0. The SMILES string of the molecule is CN1CCN([C@H](CN)c2ccc(F)cc2)CC1. The predicted molar refractivity (Wildman–Crippen MR) is 67.3 cm³/mol. The highest BCUT2D eigenvalue weighted by molar-refractivity contribution is 5.20. The zero-order chi connectivity index (χ0) is 12.3. The fourth-order valence-electron chi connectivity index (χ4n) is 2.31. The van der Waals surface area contributed by atoms with Gasteiger partial charge in [-0.2, -0.15) is 0 Å². The largest absolute Gasteiger partial charge is 0.329 e. The van der Waals surface area contributed by atoms with E-state index in [1.165, 1.54) is 12.1 Å². The Balaban J connectivity index is 2.08. The van der Waals surface area contributed by atoms with E-state index in [4.69, 9.17) is 5.73 Å². The maximum Gasteiger partial charge on any atom is 0.123 e. The quantitative estimate of drug-likeness (QED) is 0.853. The number of halogens is 1. The van der Waals surface area contributed by atoms with E-state index in [1.54, 1.807) is 0 Å². The zero-order valence-corrected chi connectivity index (χ0v) is 10.3. The number of likely N-dealkylation sites (N-methyl/N-ethyl adjacent to an activating group) is 1. The molecule has 0 unspecified atom stereocenters. The van der Waals surface area contributed by atoms with Crippen LogP contribution in [0.3, 0.4) is 0 Å². The first-order valence-electron chi connectivity index (χ1n) is 6.09. The maximum atomic E-state index is 12.9.